The van der Waals surface area contributed by atoms with Crippen molar-refractivity contribution in [1.29, 1.82) is 0 Å². The molecule has 2 aliphatic rings. The van der Waals surface area contributed by atoms with Crippen LogP contribution < -0.4 is 4.74 Å². The molecule has 33 heavy (non-hydrogen) atoms. The zero-order valence-electron chi connectivity index (χ0n) is 17.8. The zero-order chi connectivity index (χ0) is 22.9. The van der Waals surface area contributed by atoms with E-state index in [1.807, 2.05) is 24.4 Å². The van der Waals surface area contributed by atoms with Gasteiger partial charge in [0.05, 0.1) is 16.2 Å². The van der Waals surface area contributed by atoms with Crippen LogP contribution in [0.3, 0.4) is 0 Å². The minimum Gasteiger partial charge on any atom is -0.478 e. The molecule has 7 nitrogen and oxygen atoms in total. The highest BCUT2D eigenvalue weighted by Crippen LogP contribution is 2.34. The van der Waals surface area contributed by atoms with Gasteiger partial charge in [0.15, 0.2) is 5.65 Å². The topological polar surface area (TPSA) is 101 Å². The second-order valence-corrected chi connectivity index (χ2v) is 8.46. The van der Waals surface area contributed by atoms with Crippen LogP contribution in [0, 0.1) is 0 Å². The number of pyridine rings is 2. The van der Waals surface area contributed by atoms with Crippen molar-refractivity contribution in [2.75, 3.05) is 0 Å². The number of rotatable bonds is 5. The van der Waals surface area contributed by atoms with Gasteiger partial charge in [0.1, 0.15) is 6.10 Å². The number of H-pyrrole nitrogens is 1. The Morgan fingerprint density at radius 1 is 1.27 bits per heavy atom. The van der Waals surface area contributed by atoms with Gasteiger partial charge in [-0.25, -0.2) is 9.78 Å². The number of hydrogen-bond donors (Lipinski definition) is 2. The van der Waals surface area contributed by atoms with Crippen molar-refractivity contribution < 1.29 is 14.6 Å². The van der Waals surface area contributed by atoms with Crippen molar-refractivity contribution in [3.8, 4) is 6.01 Å². The number of aromatic amines is 1. The fourth-order valence-electron chi connectivity index (χ4n) is 4.06. The summed E-state index contributed by atoms with van der Waals surface area (Å²) in [6.45, 7) is 1.78. The first kappa shape index (κ1) is 21.2. The number of nitrogens with zero attached hydrogens (tertiary/aromatic N) is 3. The molecule has 8 heteroatoms. The molecular weight excluding hydrogens is 440 g/mol. The van der Waals surface area contributed by atoms with Crippen molar-refractivity contribution in [2.24, 2.45) is 0 Å². The van der Waals surface area contributed by atoms with Gasteiger partial charge in [-0.1, -0.05) is 42.0 Å². The molecule has 0 radical (unpaired) electrons. The second kappa shape index (κ2) is 8.67. The lowest BCUT2D eigenvalue weighted by Gasteiger charge is -2.18. The maximum atomic E-state index is 11.4. The number of carboxylic acids is 1. The number of fused-ring (bicyclic) bond motifs is 1. The second-order valence-electron chi connectivity index (χ2n) is 8.06. The minimum absolute atomic E-state index is 0.0379. The third kappa shape index (κ3) is 4.32. The van der Waals surface area contributed by atoms with Crippen LogP contribution in [0.15, 0.2) is 72.1 Å². The quantitative estimate of drug-likeness (QED) is 0.539. The van der Waals surface area contributed by atoms with Crippen molar-refractivity contribution >= 4 is 34.3 Å². The van der Waals surface area contributed by atoms with Gasteiger partial charge in [-0.05, 0) is 48.3 Å². The van der Waals surface area contributed by atoms with Gasteiger partial charge < -0.3 is 14.8 Å². The molecule has 3 heterocycles. The van der Waals surface area contributed by atoms with E-state index >= 15 is 0 Å². The molecule has 2 N–H and O–H groups in total. The number of hydrogen-bond acceptors (Lipinski definition) is 5. The molecule has 0 aliphatic heterocycles. The first-order chi connectivity index (χ1) is 16.0. The van der Waals surface area contributed by atoms with Crippen molar-refractivity contribution in [3.05, 3.63) is 88.4 Å². The maximum absolute atomic E-state index is 11.4. The van der Waals surface area contributed by atoms with Gasteiger partial charge in [0, 0.05) is 30.3 Å². The molecule has 3 aromatic heterocycles. The van der Waals surface area contributed by atoms with E-state index in [1.54, 1.807) is 25.3 Å². The van der Waals surface area contributed by atoms with Gasteiger partial charge >= 0.3 is 5.97 Å². The van der Waals surface area contributed by atoms with E-state index in [0.29, 0.717) is 21.8 Å². The average molecular weight is 461 g/mol. The smallest absolute Gasteiger partial charge is 0.331 e. The zero-order valence-corrected chi connectivity index (χ0v) is 18.6. The summed E-state index contributed by atoms with van der Waals surface area (Å²) < 4.78 is 5.89. The highest BCUT2D eigenvalue weighted by molar-refractivity contribution is 6.31. The minimum atomic E-state index is -0.936. The van der Waals surface area contributed by atoms with Crippen molar-refractivity contribution in [1.82, 2.24) is 19.9 Å². The summed E-state index contributed by atoms with van der Waals surface area (Å²) in [5.74, 6) is -0.898. The molecule has 2 aliphatic carbocycles. The number of carbonyl (C=O) groups is 1. The first-order valence-electron chi connectivity index (χ1n) is 10.6. The summed E-state index contributed by atoms with van der Waals surface area (Å²) in [5, 5.41) is 9.92. The normalized spacial score (nSPS) is 20.2. The molecule has 2 unspecified atom stereocenters. The Morgan fingerprint density at radius 2 is 2.15 bits per heavy atom. The van der Waals surface area contributed by atoms with E-state index in [4.69, 9.17) is 21.3 Å². The lowest BCUT2D eigenvalue weighted by Crippen LogP contribution is -2.21. The van der Waals surface area contributed by atoms with Gasteiger partial charge in [-0.15, -0.1) is 0 Å². The van der Waals surface area contributed by atoms with E-state index in [2.05, 4.69) is 33.2 Å². The third-order valence-corrected chi connectivity index (χ3v) is 6.14. The lowest BCUT2D eigenvalue weighted by atomic mass is 9.91. The number of aromatic nitrogens is 4. The number of imidazole rings is 1. The highest BCUT2D eigenvalue weighted by atomic mass is 35.5. The van der Waals surface area contributed by atoms with E-state index < -0.39 is 12.1 Å². The molecule has 166 valence electrons. The number of nitrogens with one attached hydrogen (secondary N) is 1. The molecule has 2 atom stereocenters. The largest absolute Gasteiger partial charge is 0.478 e. The molecule has 5 rings (SSSR count). The van der Waals surface area contributed by atoms with E-state index in [9.17, 15) is 9.90 Å². The summed E-state index contributed by atoms with van der Waals surface area (Å²) in [5.41, 5.74) is 5.18. The summed E-state index contributed by atoms with van der Waals surface area (Å²) >= 11 is 6.56. The Morgan fingerprint density at radius 3 is 2.88 bits per heavy atom. The molecule has 0 bridgehead atoms. The maximum Gasteiger partial charge on any atom is 0.331 e. The SMILES string of the molecule is CC1=C(C(=O)O)CC(Oc2nc3nc(C4C=CC(c5cccnc5)=CC4)c(Cl)cc3[nH]2)C=C1. The van der Waals surface area contributed by atoms with Gasteiger partial charge in [0.25, 0.3) is 6.01 Å². The van der Waals surface area contributed by atoms with Crippen molar-refractivity contribution in [2.45, 2.75) is 31.8 Å². The van der Waals surface area contributed by atoms with Crippen LogP contribution >= 0.6 is 11.6 Å². The Bertz CT molecular complexity index is 1350. The number of allylic oxidation sites excluding steroid dienone is 6. The molecule has 0 amide bonds. The van der Waals surface area contributed by atoms with Crippen LogP contribution in [-0.4, -0.2) is 37.1 Å². The summed E-state index contributed by atoms with van der Waals surface area (Å²) in [4.78, 5) is 27.8. The fourth-order valence-corrected chi connectivity index (χ4v) is 4.35. The van der Waals surface area contributed by atoms with Crippen LogP contribution in [0.2, 0.25) is 5.02 Å². The number of carboxylic acid groups (broad SMARTS) is 1. The Labute approximate surface area is 195 Å². The van der Waals surface area contributed by atoms with Crippen LogP contribution in [0.25, 0.3) is 16.7 Å². The molecule has 0 aromatic carbocycles. The Balaban J connectivity index is 1.34. The predicted molar refractivity (Wildman–Crippen MR) is 126 cm³/mol. The van der Waals surface area contributed by atoms with Gasteiger partial charge in [-0.2, -0.15) is 4.98 Å². The number of ether oxygens (including phenoxy) is 1. The molecular formula is C25H21ClN4O3. The van der Waals surface area contributed by atoms with E-state index in [0.717, 1.165) is 28.8 Å². The van der Waals surface area contributed by atoms with Crippen LogP contribution in [0.4, 0.5) is 0 Å². The third-order valence-electron chi connectivity index (χ3n) is 5.84. The van der Waals surface area contributed by atoms with Crippen LogP contribution in [0.1, 0.15) is 36.9 Å². The Kier molecular flexibility index (Phi) is 5.56. The molecule has 0 fully saturated rings. The molecule has 0 saturated heterocycles. The summed E-state index contributed by atoms with van der Waals surface area (Å²) in [6, 6.07) is 6.03. The first-order valence-corrected chi connectivity index (χ1v) is 11.0. The van der Waals surface area contributed by atoms with Crippen LogP contribution in [0.5, 0.6) is 6.01 Å². The predicted octanol–water partition coefficient (Wildman–Crippen LogP) is 5.24. The number of halogens is 1. The average Bonchev–Trinajstić information content (AvgIpc) is 3.21. The molecule has 0 spiro atoms. The van der Waals surface area contributed by atoms with Crippen LogP contribution in [-0.2, 0) is 4.79 Å². The van der Waals surface area contributed by atoms with Crippen molar-refractivity contribution in [3.63, 3.8) is 0 Å². The Hall–Kier alpha value is -3.71. The highest BCUT2D eigenvalue weighted by Gasteiger charge is 2.23. The number of aliphatic carboxylic acids is 1. The van der Waals surface area contributed by atoms with E-state index in [-0.39, 0.29) is 18.3 Å². The van der Waals surface area contributed by atoms with E-state index in [1.165, 1.54) is 0 Å². The standard InChI is InChI=1S/C25H21ClN4O3/c1-14-4-9-18(11-19(14)24(31)32)33-25-28-21-12-20(26)22(29-23(21)30-25)16-7-5-15(6-8-16)17-3-2-10-27-13-17/h2-7,9-10,12-13,16,18H,8,11H2,1H3,(H,31,32)(H,28,29,30). The lowest BCUT2D eigenvalue weighted by molar-refractivity contribution is -0.133. The summed E-state index contributed by atoms with van der Waals surface area (Å²) in [7, 11) is 0. The van der Waals surface area contributed by atoms with Gasteiger partial charge in [0.2, 0.25) is 0 Å². The molecule has 3 aromatic rings. The fraction of sp³-hybridized carbons (Fsp3) is 0.200. The van der Waals surface area contributed by atoms with Gasteiger partial charge in [-0.3, -0.25) is 4.98 Å². The molecule has 0 saturated carbocycles. The summed E-state index contributed by atoms with van der Waals surface area (Å²) in [6.07, 6.45) is 14.1. The monoisotopic (exact) mass is 460 g/mol.